The van der Waals surface area contributed by atoms with Crippen molar-refractivity contribution in [3.63, 3.8) is 0 Å². The molecule has 0 spiro atoms. The summed E-state index contributed by atoms with van der Waals surface area (Å²) in [4.78, 5) is 24.3. The maximum Gasteiger partial charge on any atom is 0.293 e. The molecule has 0 aliphatic heterocycles. The van der Waals surface area contributed by atoms with Gasteiger partial charge in [-0.1, -0.05) is 29.1 Å². The van der Waals surface area contributed by atoms with Gasteiger partial charge in [-0.2, -0.15) is 9.78 Å². The van der Waals surface area contributed by atoms with E-state index in [2.05, 4.69) is 51.3 Å². The number of hydrogen-bond donors (Lipinski definition) is 3. The van der Waals surface area contributed by atoms with Gasteiger partial charge in [0.25, 0.3) is 5.91 Å². The second-order valence-corrected chi connectivity index (χ2v) is 8.13. The van der Waals surface area contributed by atoms with Crippen LogP contribution in [0.5, 0.6) is 0 Å². The number of rotatable bonds is 8. The Morgan fingerprint density at radius 3 is 2.74 bits per heavy atom. The van der Waals surface area contributed by atoms with Crippen LogP contribution in [0.3, 0.4) is 0 Å². The van der Waals surface area contributed by atoms with Gasteiger partial charge >= 0.3 is 0 Å². The van der Waals surface area contributed by atoms with Crippen molar-refractivity contribution >= 4 is 40.8 Å². The molecule has 0 aliphatic carbocycles. The first-order chi connectivity index (χ1) is 16.8. The number of carbonyl (C=O) groups excluding carboxylic acids is 2. The van der Waals surface area contributed by atoms with Gasteiger partial charge in [-0.3, -0.25) is 9.59 Å². The molecule has 3 heterocycles. The normalized spacial score (nSPS) is 11.5. The molecule has 35 heavy (non-hydrogen) atoms. The summed E-state index contributed by atoms with van der Waals surface area (Å²) in [6.07, 6.45) is 1.56. The van der Waals surface area contributed by atoms with E-state index >= 15 is 0 Å². The van der Waals surface area contributed by atoms with E-state index < -0.39 is 5.91 Å². The minimum absolute atomic E-state index is 0.00520. The van der Waals surface area contributed by atoms with Crippen molar-refractivity contribution in [1.29, 1.82) is 0 Å². The van der Waals surface area contributed by atoms with Gasteiger partial charge in [-0.15, -0.1) is 15.3 Å². The fourth-order valence-electron chi connectivity index (χ4n) is 2.93. The summed E-state index contributed by atoms with van der Waals surface area (Å²) in [5, 5.41) is 30.6. The molecular weight excluding hydrogens is 476 g/mol. The molecule has 4 N–H and O–H groups in total. The van der Waals surface area contributed by atoms with Gasteiger partial charge in [0, 0.05) is 25.4 Å². The van der Waals surface area contributed by atoms with Crippen LogP contribution in [0.2, 0.25) is 0 Å². The highest BCUT2D eigenvalue weighted by atomic mass is 32.2. The van der Waals surface area contributed by atoms with Crippen LogP contribution in [0.4, 0.5) is 11.5 Å². The molecule has 4 aromatic rings. The van der Waals surface area contributed by atoms with Crippen molar-refractivity contribution < 1.29 is 14.2 Å². The number of nitrogen functional groups attached to an aromatic ring is 1. The van der Waals surface area contributed by atoms with E-state index in [4.69, 9.17) is 5.73 Å². The van der Waals surface area contributed by atoms with Crippen molar-refractivity contribution in [1.82, 2.24) is 45.5 Å². The largest absolute Gasteiger partial charge is 0.378 e. The number of nitrogens with zero attached hydrogens (tertiary/aromatic N) is 9. The van der Waals surface area contributed by atoms with E-state index in [1.54, 1.807) is 49.1 Å². The number of benzene rings is 1. The molecular formula is C19H20N12O3S. The summed E-state index contributed by atoms with van der Waals surface area (Å²) < 4.78 is 7.66. The lowest BCUT2D eigenvalue weighted by atomic mass is 10.1. The average Bonchev–Trinajstić information content (AvgIpc) is 3.55. The van der Waals surface area contributed by atoms with Gasteiger partial charge in [-0.05, 0) is 34.9 Å². The topological polar surface area (TPSA) is 197 Å². The lowest BCUT2D eigenvalue weighted by Gasteiger charge is -2.07. The van der Waals surface area contributed by atoms with Crippen LogP contribution in [0.1, 0.15) is 35.6 Å². The zero-order valence-electron chi connectivity index (χ0n) is 18.8. The van der Waals surface area contributed by atoms with Crippen LogP contribution in [0, 0.1) is 0 Å². The Morgan fingerprint density at radius 1 is 1.23 bits per heavy atom. The van der Waals surface area contributed by atoms with Gasteiger partial charge in [0.05, 0.1) is 11.4 Å². The molecule has 15 nitrogen and oxygen atoms in total. The smallest absolute Gasteiger partial charge is 0.293 e. The van der Waals surface area contributed by atoms with E-state index in [-0.39, 0.29) is 29.0 Å². The molecule has 0 bridgehead atoms. The van der Waals surface area contributed by atoms with Crippen LogP contribution < -0.4 is 16.5 Å². The van der Waals surface area contributed by atoms with Gasteiger partial charge in [0.1, 0.15) is 6.33 Å². The minimum atomic E-state index is -0.600. The lowest BCUT2D eigenvalue weighted by Crippen LogP contribution is -2.21. The first-order valence-corrected chi connectivity index (χ1v) is 11.0. The predicted octanol–water partition coefficient (Wildman–Crippen LogP) is 0.766. The number of aryl methyl sites for hydroxylation is 1. The summed E-state index contributed by atoms with van der Waals surface area (Å²) in [6, 6.07) is 7.06. The maximum atomic E-state index is 13.0. The number of anilines is 2. The summed E-state index contributed by atoms with van der Waals surface area (Å²) in [5.74, 6) is -0.477. The summed E-state index contributed by atoms with van der Waals surface area (Å²) in [7, 11) is 1.80. The molecule has 180 valence electrons. The number of aromatic nitrogens is 8. The third kappa shape index (κ3) is 5.32. The molecule has 1 aromatic carbocycles. The Hall–Kier alpha value is -4.60. The van der Waals surface area contributed by atoms with Gasteiger partial charge in [-0.25, -0.2) is 10.1 Å². The van der Waals surface area contributed by atoms with Crippen molar-refractivity contribution in [2.45, 2.75) is 24.8 Å². The number of carbonyl (C=O) groups is 2. The summed E-state index contributed by atoms with van der Waals surface area (Å²) in [6.45, 7) is 3.14. The van der Waals surface area contributed by atoms with Crippen LogP contribution in [0.15, 0.2) is 45.5 Å². The van der Waals surface area contributed by atoms with Crippen molar-refractivity contribution in [2.75, 3.05) is 11.1 Å². The van der Waals surface area contributed by atoms with E-state index in [1.165, 1.54) is 23.4 Å². The first-order valence-electron chi connectivity index (χ1n) is 10.1. The Balaban J connectivity index is 1.58. The highest BCUT2D eigenvalue weighted by molar-refractivity contribution is 7.98. The summed E-state index contributed by atoms with van der Waals surface area (Å²) >= 11 is 1.31. The van der Waals surface area contributed by atoms with Crippen LogP contribution in [-0.2, 0) is 17.6 Å². The Kier molecular flexibility index (Phi) is 6.81. The molecule has 3 aromatic heterocycles. The van der Waals surface area contributed by atoms with E-state index in [1.807, 2.05) is 0 Å². The molecule has 0 aliphatic rings. The standard InChI is InChI=1S/C19H20N12O3S/c1-10(12-5-4-6-13(7-12)22-11(2)32)23-25-18(33)15-14(8-35-19-26-21-9-30(19)3)31(29-24-15)17-16(20)27-34-28-17/h4-7,9H,8H2,1-3H3,(H2,20,27)(H,22,32)(H,25,33)/b23-10+. The van der Waals surface area contributed by atoms with Crippen molar-refractivity contribution in [3.05, 3.63) is 47.5 Å². The molecule has 0 radical (unpaired) electrons. The molecule has 4 rings (SSSR count). The number of hydrogen-bond acceptors (Lipinski definition) is 12. The van der Waals surface area contributed by atoms with Crippen molar-refractivity contribution in [2.24, 2.45) is 12.1 Å². The van der Waals surface area contributed by atoms with Crippen LogP contribution in [0.25, 0.3) is 5.82 Å². The molecule has 0 atom stereocenters. The fourth-order valence-corrected chi connectivity index (χ4v) is 3.81. The number of amides is 2. The van der Waals surface area contributed by atoms with E-state index in [0.717, 1.165) is 0 Å². The molecule has 16 heteroatoms. The quantitative estimate of drug-likeness (QED) is 0.177. The highest BCUT2D eigenvalue weighted by Crippen LogP contribution is 2.24. The summed E-state index contributed by atoms with van der Waals surface area (Å²) in [5.41, 5.74) is 10.5. The monoisotopic (exact) mass is 496 g/mol. The Labute approximate surface area is 202 Å². The maximum absolute atomic E-state index is 13.0. The SMILES string of the molecule is CC(=O)Nc1cccc(/C(C)=N/NC(=O)c2nnn(-c3nonc3N)c2CSc2nncn2C)c1. The minimum Gasteiger partial charge on any atom is -0.378 e. The van der Waals surface area contributed by atoms with Gasteiger partial charge in [0.2, 0.25) is 17.5 Å². The number of nitrogens with two attached hydrogens (primary N) is 1. The average molecular weight is 497 g/mol. The van der Waals surface area contributed by atoms with Gasteiger partial charge < -0.3 is 15.6 Å². The van der Waals surface area contributed by atoms with Crippen molar-refractivity contribution in [3.8, 4) is 5.82 Å². The number of thioether (sulfide) groups is 1. The van der Waals surface area contributed by atoms with Crippen LogP contribution >= 0.6 is 11.8 Å². The second-order valence-electron chi connectivity index (χ2n) is 7.18. The first kappa shape index (κ1) is 23.6. The predicted molar refractivity (Wildman–Crippen MR) is 125 cm³/mol. The number of nitrogens with one attached hydrogen (secondary N) is 2. The third-order valence-corrected chi connectivity index (χ3v) is 5.65. The molecule has 0 unspecified atom stereocenters. The second kappa shape index (κ2) is 10.1. The zero-order chi connectivity index (χ0) is 24.9. The Bertz CT molecular complexity index is 1410. The molecule has 0 saturated heterocycles. The molecule has 0 fully saturated rings. The van der Waals surface area contributed by atoms with E-state index in [0.29, 0.717) is 27.8 Å². The van der Waals surface area contributed by atoms with E-state index in [9.17, 15) is 9.59 Å². The molecule has 0 saturated carbocycles. The number of hydrazone groups is 1. The molecule has 2 amide bonds. The lowest BCUT2D eigenvalue weighted by molar-refractivity contribution is -0.114. The highest BCUT2D eigenvalue weighted by Gasteiger charge is 2.24. The fraction of sp³-hybridized carbons (Fsp3) is 0.211. The van der Waals surface area contributed by atoms with Crippen LogP contribution in [-0.4, -0.2) is 57.6 Å². The zero-order valence-corrected chi connectivity index (χ0v) is 19.6. The third-order valence-electron chi connectivity index (χ3n) is 4.61. The Morgan fingerprint density at radius 2 is 2.06 bits per heavy atom. The van der Waals surface area contributed by atoms with Gasteiger partial charge in [0.15, 0.2) is 10.9 Å².